The molecule has 0 aromatic carbocycles. The predicted molar refractivity (Wildman–Crippen MR) is 61.3 cm³/mol. The summed E-state index contributed by atoms with van der Waals surface area (Å²) in [6.07, 6.45) is 0. The van der Waals surface area contributed by atoms with Crippen molar-refractivity contribution in [1.29, 1.82) is 0 Å². The maximum absolute atomic E-state index is 6.00. The van der Waals surface area contributed by atoms with Crippen LogP contribution in [0.5, 0.6) is 0 Å². The smallest absolute Gasteiger partial charge is 0.229 e. The highest BCUT2D eigenvalue weighted by Crippen LogP contribution is 2.20. The fraction of sp³-hybridized carbons (Fsp3) is 0.500. The van der Waals surface area contributed by atoms with Gasteiger partial charge < -0.3 is 10.3 Å². The van der Waals surface area contributed by atoms with E-state index in [0.717, 1.165) is 10.7 Å². The molecular formula is C10H14N4OS. The standard InChI is InChI=1S/C10H14N4OS/c1-5(2)10-13-9(14-15-10)8(11)7-4-16-6(3)12-7/h4-5,8H,11H2,1-3H3. The van der Waals surface area contributed by atoms with Crippen molar-refractivity contribution in [3.63, 3.8) is 0 Å². The third-order valence-electron chi connectivity index (χ3n) is 2.18. The molecule has 2 rings (SSSR count). The van der Waals surface area contributed by atoms with Crippen molar-refractivity contribution in [3.05, 3.63) is 27.8 Å². The first-order chi connectivity index (χ1) is 7.58. The van der Waals surface area contributed by atoms with E-state index in [9.17, 15) is 0 Å². The number of thiazole rings is 1. The molecule has 1 atom stereocenters. The van der Waals surface area contributed by atoms with Gasteiger partial charge in [-0.25, -0.2) is 4.98 Å². The zero-order valence-electron chi connectivity index (χ0n) is 9.47. The zero-order valence-corrected chi connectivity index (χ0v) is 10.3. The summed E-state index contributed by atoms with van der Waals surface area (Å²) in [6, 6.07) is -0.402. The van der Waals surface area contributed by atoms with Crippen molar-refractivity contribution < 1.29 is 4.52 Å². The highest BCUT2D eigenvalue weighted by molar-refractivity contribution is 7.09. The first-order valence-electron chi connectivity index (χ1n) is 5.09. The summed E-state index contributed by atoms with van der Waals surface area (Å²) in [5, 5.41) is 6.78. The Labute approximate surface area is 97.7 Å². The molecule has 0 saturated heterocycles. The molecule has 6 heteroatoms. The van der Waals surface area contributed by atoms with Gasteiger partial charge in [0.15, 0.2) is 5.82 Å². The summed E-state index contributed by atoms with van der Waals surface area (Å²) in [7, 11) is 0. The Kier molecular flexibility index (Phi) is 3.02. The summed E-state index contributed by atoms with van der Waals surface area (Å²) in [4.78, 5) is 8.57. The van der Waals surface area contributed by atoms with Crippen molar-refractivity contribution in [2.24, 2.45) is 5.73 Å². The van der Waals surface area contributed by atoms with Gasteiger partial charge in [-0.3, -0.25) is 0 Å². The Morgan fingerprint density at radius 1 is 1.38 bits per heavy atom. The number of hydrogen-bond donors (Lipinski definition) is 1. The van der Waals surface area contributed by atoms with Crippen molar-refractivity contribution >= 4 is 11.3 Å². The van der Waals surface area contributed by atoms with E-state index < -0.39 is 6.04 Å². The fourth-order valence-corrected chi connectivity index (χ4v) is 1.91. The van der Waals surface area contributed by atoms with Crippen LogP contribution in [-0.4, -0.2) is 15.1 Å². The maximum atomic E-state index is 6.00. The molecule has 0 saturated carbocycles. The number of rotatable bonds is 3. The van der Waals surface area contributed by atoms with E-state index in [0.29, 0.717) is 11.7 Å². The number of nitrogens with two attached hydrogens (primary N) is 1. The van der Waals surface area contributed by atoms with Crippen molar-refractivity contribution in [1.82, 2.24) is 15.1 Å². The van der Waals surface area contributed by atoms with Crippen molar-refractivity contribution in [2.45, 2.75) is 32.7 Å². The molecule has 0 aliphatic heterocycles. The summed E-state index contributed by atoms with van der Waals surface area (Å²) >= 11 is 1.56. The Hall–Kier alpha value is -1.27. The van der Waals surface area contributed by atoms with Crippen LogP contribution in [0.4, 0.5) is 0 Å². The maximum Gasteiger partial charge on any atom is 0.229 e. The summed E-state index contributed by atoms with van der Waals surface area (Å²) in [5.41, 5.74) is 6.79. The quantitative estimate of drug-likeness (QED) is 0.885. The monoisotopic (exact) mass is 238 g/mol. The number of aromatic nitrogens is 3. The lowest BCUT2D eigenvalue weighted by molar-refractivity contribution is 0.359. The molecule has 2 aromatic rings. The minimum Gasteiger partial charge on any atom is -0.339 e. The molecule has 2 N–H and O–H groups in total. The van der Waals surface area contributed by atoms with Gasteiger partial charge in [0.2, 0.25) is 5.89 Å². The van der Waals surface area contributed by atoms with E-state index in [-0.39, 0.29) is 5.92 Å². The predicted octanol–water partition coefficient (Wildman–Crippen LogP) is 2.01. The van der Waals surface area contributed by atoms with Crippen LogP contribution >= 0.6 is 11.3 Å². The first kappa shape index (κ1) is 11.2. The van der Waals surface area contributed by atoms with Crippen LogP contribution in [0.1, 0.15) is 48.2 Å². The molecule has 0 aliphatic rings. The molecule has 0 bridgehead atoms. The van der Waals surface area contributed by atoms with Gasteiger partial charge in [0.1, 0.15) is 6.04 Å². The lowest BCUT2D eigenvalue weighted by Crippen LogP contribution is -2.14. The van der Waals surface area contributed by atoms with Gasteiger partial charge in [0, 0.05) is 11.3 Å². The molecule has 0 aliphatic carbocycles. The van der Waals surface area contributed by atoms with E-state index in [4.69, 9.17) is 10.3 Å². The second-order valence-electron chi connectivity index (χ2n) is 3.91. The van der Waals surface area contributed by atoms with Gasteiger partial charge in [0.25, 0.3) is 0 Å². The SMILES string of the molecule is Cc1nc(C(N)c2noc(C(C)C)n2)cs1. The van der Waals surface area contributed by atoms with Crippen LogP contribution < -0.4 is 5.73 Å². The Balaban J connectivity index is 2.23. The normalized spacial score (nSPS) is 13.3. The minimum atomic E-state index is -0.402. The number of nitrogens with zero attached hydrogens (tertiary/aromatic N) is 3. The van der Waals surface area contributed by atoms with Crippen LogP contribution in [0.15, 0.2) is 9.90 Å². The second-order valence-corrected chi connectivity index (χ2v) is 4.98. The van der Waals surface area contributed by atoms with Gasteiger partial charge in [-0.1, -0.05) is 19.0 Å². The van der Waals surface area contributed by atoms with E-state index in [1.165, 1.54) is 0 Å². The summed E-state index contributed by atoms with van der Waals surface area (Å²) in [6.45, 7) is 5.93. The topological polar surface area (TPSA) is 77.8 Å². The van der Waals surface area contributed by atoms with E-state index >= 15 is 0 Å². The Bertz CT molecular complexity index is 477. The highest BCUT2D eigenvalue weighted by Gasteiger charge is 2.19. The van der Waals surface area contributed by atoms with Crippen molar-refractivity contribution in [2.75, 3.05) is 0 Å². The van der Waals surface area contributed by atoms with Crippen LogP contribution in [-0.2, 0) is 0 Å². The van der Waals surface area contributed by atoms with Crippen LogP contribution in [0.3, 0.4) is 0 Å². The Morgan fingerprint density at radius 2 is 2.12 bits per heavy atom. The molecule has 86 valence electrons. The second kappa shape index (κ2) is 4.31. The van der Waals surface area contributed by atoms with Crippen LogP contribution in [0, 0.1) is 6.92 Å². The average Bonchev–Trinajstić information content (AvgIpc) is 2.84. The van der Waals surface area contributed by atoms with Crippen LogP contribution in [0.2, 0.25) is 0 Å². The number of aryl methyl sites for hydroxylation is 1. The molecule has 0 fully saturated rings. The molecule has 1 unspecified atom stereocenters. The lowest BCUT2D eigenvalue weighted by atomic mass is 10.2. The first-order valence-corrected chi connectivity index (χ1v) is 5.97. The molecule has 2 aromatic heterocycles. The molecule has 2 heterocycles. The minimum absolute atomic E-state index is 0.214. The van der Waals surface area contributed by atoms with Gasteiger partial charge in [-0.15, -0.1) is 11.3 Å². The fourth-order valence-electron chi connectivity index (χ4n) is 1.26. The van der Waals surface area contributed by atoms with E-state index in [1.807, 2.05) is 26.2 Å². The molecule has 0 radical (unpaired) electrons. The zero-order chi connectivity index (χ0) is 11.7. The van der Waals surface area contributed by atoms with Gasteiger partial charge in [-0.2, -0.15) is 4.98 Å². The molecule has 0 spiro atoms. The van der Waals surface area contributed by atoms with Gasteiger partial charge >= 0.3 is 0 Å². The molecular weight excluding hydrogens is 224 g/mol. The third kappa shape index (κ3) is 2.12. The summed E-state index contributed by atoms with van der Waals surface area (Å²) < 4.78 is 5.11. The van der Waals surface area contributed by atoms with Gasteiger partial charge in [0.05, 0.1) is 10.7 Å². The van der Waals surface area contributed by atoms with Crippen molar-refractivity contribution in [3.8, 4) is 0 Å². The lowest BCUT2D eigenvalue weighted by Gasteiger charge is -2.01. The molecule has 16 heavy (non-hydrogen) atoms. The van der Waals surface area contributed by atoms with E-state index in [2.05, 4.69) is 15.1 Å². The highest BCUT2D eigenvalue weighted by atomic mass is 32.1. The largest absolute Gasteiger partial charge is 0.339 e. The molecule has 0 amide bonds. The van der Waals surface area contributed by atoms with Crippen LogP contribution in [0.25, 0.3) is 0 Å². The van der Waals surface area contributed by atoms with E-state index in [1.54, 1.807) is 11.3 Å². The third-order valence-corrected chi connectivity index (χ3v) is 2.98. The molecule has 5 nitrogen and oxygen atoms in total. The summed E-state index contributed by atoms with van der Waals surface area (Å²) in [5.74, 6) is 1.32. The average molecular weight is 238 g/mol. The Morgan fingerprint density at radius 3 is 2.62 bits per heavy atom. The number of hydrogen-bond acceptors (Lipinski definition) is 6. The van der Waals surface area contributed by atoms with Gasteiger partial charge in [-0.05, 0) is 6.92 Å².